The van der Waals surface area contributed by atoms with Crippen molar-refractivity contribution in [3.05, 3.63) is 0 Å². The Balaban J connectivity index is -0.00000000500. The third-order valence-corrected chi connectivity index (χ3v) is 0. The summed E-state index contributed by atoms with van der Waals surface area (Å²) in [6.07, 6.45) is 0. The Hall–Kier alpha value is 0.799. The molecule has 0 aliphatic heterocycles. The van der Waals surface area contributed by atoms with Crippen LogP contribution in [0.25, 0.3) is 0 Å². The minimum atomic E-state index is 0. The van der Waals surface area contributed by atoms with E-state index >= 15 is 0 Å². The first-order valence-corrected chi connectivity index (χ1v) is 0.508. The molecule has 4 heteroatoms. The van der Waals surface area contributed by atoms with Crippen LogP contribution in [-0.2, 0) is 36.8 Å². The van der Waals surface area contributed by atoms with Crippen LogP contribution < -0.4 is 0 Å². The van der Waals surface area contributed by atoms with Gasteiger partial charge in [-0.3, -0.25) is 0 Å². The summed E-state index contributed by atoms with van der Waals surface area (Å²) >= 11 is 2.94. The topological polar surface area (TPSA) is 48.6 Å². The van der Waals surface area contributed by atoms with Crippen molar-refractivity contribution >= 4 is 0 Å². The van der Waals surface area contributed by atoms with Crippen molar-refractivity contribution < 1.29 is 42.3 Å². The molecule has 2 nitrogen and oxygen atoms in total. The molecule has 0 atom stereocenters. The summed E-state index contributed by atoms with van der Waals surface area (Å²) in [4.78, 5) is 0. The summed E-state index contributed by atoms with van der Waals surface area (Å²) in [5.41, 5.74) is 0. The Bertz CT molecular complexity index is 4.00. The molecular weight excluding hydrogens is 159 g/mol. The van der Waals surface area contributed by atoms with Crippen molar-refractivity contribution in [2.24, 2.45) is 0 Å². The molecule has 0 saturated heterocycles. The van der Waals surface area contributed by atoms with E-state index in [1.54, 1.807) is 0 Å². The third-order valence-electron chi connectivity index (χ3n) is 0. The van der Waals surface area contributed by atoms with Gasteiger partial charge in [0.05, 0.1) is 0 Å². The van der Waals surface area contributed by atoms with Crippen LogP contribution >= 0.6 is 0 Å². The SMILES string of the molecule is O.[Cu].[O]=[Cu]. The summed E-state index contributed by atoms with van der Waals surface area (Å²) in [7, 11) is 0. The third kappa shape index (κ3) is 14.2. The van der Waals surface area contributed by atoms with Crippen LogP contribution in [0.15, 0.2) is 0 Å². The van der Waals surface area contributed by atoms with Crippen LogP contribution in [-0.4, -0.2) is 5.48 Å². The Kier molecular flexibility index (Phi) is 249. The standard InChI is InChI=1S/2Cu.H2O.O/h;;1H2;. The van der Waals surface area contributed by atoms with Gasteiger partial charge in [0.25, 0.3) is 0 Å². The van der Waals surface area contributed by atoms with Crippen molar-refractivity contribution in [2.75, 3.05) is 0 Å². The van der Waals surface area contributed by atoms with Crippen LogP contribution in [0.3, 0.4) is 0 Å². The first-order valence-electron chi connectivity index (χ1n) is 0.123. The van der Waals surface area contributed by atoms with E-state index in [0.717, 1.165) is 0 Å². The monoisotopic (exact) mass is 160 g/mol. The molecule has 1 radical (unpaired) electrons. The first kappa shape index (κ1) is 21.4. The van der Waals surface area contributed by atoms with E-state index in [0.29, 0.717) is 0 Å². The summed E-state index contributed by atoms with van der Waals surface area (Å²) in [5.74, 6) is 0. The number of hydrogen-bond donors (Lipinski definition) is 0. The Morgan fingerprint density at radius 2 is 1.25 bits per heavy atom. The molecule has 0 heterocycles. The maximum atomic E-state index is 7.81. The van der Waals surface area contributed by atoms with Crippen molar-refractivity contribution in [1.82, 2.24) is 0 Å². The molecule has 0 aliphatic rings. The second-order valence-electron chi connectivity index (χ2n) is 0. The van der Waals surface area contributed by atoms with Gasteiger partial charge in [-0.2, -0.15) is 0 Å². The molecule has 4 heavy (non-hydrogen) atoms. The van der Waals surface area contributed by atoms with Gasteiger partial charge in [0.15, 0.2) is 0 Å². The molecule has 36 valence electrons. The average molecular weight is 161 g/mol. The van der Waals surface area contributed by atoms with E-state index in [4.69, 9.17) is 3.83 Å². The van der Waals surface area contributed by atoms with Gasteiger partial charge >= 0.3 is 19.8 Å². The Labute approximate surface area is 42.8 Å². The van der Waals surface area contributed by atoms with Crippen LogP contribution in [0.2, 0.25) is 0 Å². The quantitative estimate of drug-likeness (QED) is 0.422. The fraction of sp³-hybridized carbons (Fsp3) is 0. The molecule has 2 N–H and O–H groups in total. The van der Waals surface area contributed by atoms with Crippen molar-refractivity contribution in [2.45, 2.75) is 0 Å². The molecule has 0 aromatic rings. The zero-order valence-corrected chi connectivity index (χ0v) is 3.39. The molecule has 0 aromatic carbocycles. The summed E-state index contributed by atoms with van der Waals surface area (Å²) in [6, 6.07) is 0. The molecular formula is H2Cu2O2. The van der Waals surface area contributed by atoms with Gasteiger partial charge in [0.2, 0.25) is 0 Å². The van der Waals surface area contributed by atoms with Gasteiger partial charge in [-0.15, -0.1) is 0 Å². The van der Waals surface area contributed by atoms with Gasteiger partial charge in [-0.1, -0.05) is 0 Å². The molecule has 0 unspecified atom stereocenters. The first-order chi connectivity index (χ1) is 1.00. The van der Waals surface area contributed by atoms with Crippen molar-refractivity contribution in [3.8, 4) is 0 Å². The molecule has 0 bridgehead atoms. The van der Waals surface area contributed by atoms with Gasteiger partial charge in [0, 0.05) is 17.1 Å². The predicted octanol–water partition coefficient (Wildman–Crippen LogP) is -0.949. The fourth-order valence-electron chi connectivity index (χ4n) is 0. The van der Waals surface area contributed by atoms with Crippen molar-refractivity contribution in [1.29, 1.82) is 0 Å². The van der Waals surface area contributed by atoms with Gasteiger partial charge in [-0.05, 0) is 0 Å². The van der Waals surface area contributed by atoms with E-state index in [1.165, 1.54) is 0 Å². The second kappa shape index (κ2) is 46.6. The van der Waals surface area contributed by atoms with E-state index in [-0.39, 0.29) is 22.5 Å². The predicted molar refractivity (Wildman–Crippen MR) is 4.30 cm³/mol. The summed E-state index contributed by atoms with van der Waals surface area (Å²) in [5, 5.41) is 0. The van der Waals surface area contributed by atoms with Gasteiger partial charge in [0.1, 0.15) is 0 Å². The molecule has 0 saturated carbocycles. The van der Waals surface area contributed by atoms with Crippen LogP contribution in [0, 0.1) is 0 Å². The molecule has 0 aromatic heterocycles. The average Bonchev–Trinajstić information content (AvgIpc) is 1.00. The zero-order chi connectivity index (χ0) is 2.00. The van der Waals surface area contributed by atoms with Crippen LogP contribution in [0.5, 0.6) is 0 Å². The van der Waals surface area contributed by atoms with Crippen LogP contribution in [0.1, 0.15) is 0 Å². The Morgan fingerprint density at radius 3 is 1.25 bits per heavy atom. The Morgan fingerprint density at radius 1 is 1.25 bits per heavy atom. The number of hydrogen-bond acceptors (Lipinski definition) is 1. The molecule has 0 amide bonds. The molecule has 0 spiro atoms. The molecule has 0 rings (SSSR count). The number of rotatable bonds is 0. The van der Waals surface area contributed by atoms with Gasteiger partial charge < -0.3 is 5.48 Å². The maximum absolute atomic E-state index is 7.81. The fourth-order valence-corrected chi connectivity index (χ4v) is 0. The van der Waals surface area contributed by atoms with Crippen molar-refractivity contribution in [3.63, 3.8) is 0 Å². The van der Waals surface area contributed by atoms with Gasteiger partial charge in [-0.25, -0.2) is 0 Å². The van der Waals surface area contributed by atoms with E-state index in [2.05, 4.69) is 15.9 Å². The second-order valence-corrected chi connectivity index (χ2v) is 0. The zero-order valence-electron chi connectivity index (χ0n) is 1.51. The van der Waals surface area contributed by atoms with E-state index in [1.807, 2.05) is 0 Å². The minimum absolute atomic E-state index is 0. The summed E-state index contributed by atoms with van der Waals surface area (Å²) in [6.45, 7) is 0. The normalized spacial score (nSPS) is 1.50. The molecule has 0 aliphatic carbocycles. The van der Waals surface area contributed by atoms with E-state index in [9.17, 15) is 0 Å². The van der Waals surface area contributed by atoms with E-state index < -0.39 is 0 Å². The molecule has 0 fully saturated rings. The summed E-state index contributed by atoms with van der Waals surface area (Å²) < 4.78 is 7.81. The van der Waals surface area contributed by atoms with Crippen LogP contribution in [0.4, 0.5) is 0 Å².